The zero-order chi connectivity index (χ0) is 10.3. The van der Waals surface area contributed by atoms with Crippen LogP contribution in [0.25, 0.3) is 0 Å². The molecule has 0 aromatic heterocycles. The summed E-state index contributed by atoms with van der Waals surface area (Å²) in [7, 11) is 0. The molecule has 0 saturated carbocycles. The highest BCUT2D eigenvalue weighted by molar-refractivity contribution is 5.78. The molecular formula is C9H18N2O2. The summed E-state index contributed by atoms with van der Waals surface area (Å²) in [6, 6.07) is 0. The number of carbonyl (C=O) groups excluding carboxylic acids is 2. The third-order valence-corrected chi connectivity index (χ3v) is 1.86. The molecule has 1 unspecified atom stereocenters. The topological polar surface area (TPSA) is 72.2 Å². The summed E-state index contributed by atoms with van der Waals surface area (Å²) in [5.41, 5.74) is 4.97. The summed E-state index contributed by atoms with van der Waals surface area (Å²) in [5.74, 6) is -0.283. The molecule has 0 heterocycles. The predicted molar refractivity (Wildman–Crippen MR) is 50.9 cm³/mol. The lowest BCUT2D eigenvalue weighted by Gasteiger charge is -2.09. The fraction of sp³-hybridized carbons (Fsp3) is 0.778. The van der Waals surface area contributed by atoms with E-state index in [2.05, 4.69) is 5.32 Å². The van der Waals surface area contributed by atoms with Crippen molar-refractivity contribution in [1.82, 2.24) is 5.32 Å². The fourth-order valence-electron chi connectivity index (χ4n) is 1.06. The SMILES string of the molecule is CCNC(=O)C(C)CCCC(N)=O. The zero-order valence-corrected chi connectivity index (χ0v) is 8.30. The van der Waals surface area contributed by atoms with Crippen LogP contribution in [0.1, 0.15) is 33.1 Å². The first-order chi connectivity index (χ1) is 6.07. The Hall–Kier alpha value is -1.06. The molecule has 13 heavy (non-hydrogen) atoms. The number of nitrogens with one attached hydrogen (secondary N) is 1. The molecule has 0 aliphatic rings. The Morgan fingerprint density at radius 3 is 2.54 bits per heavy atom. The van der Waals surface area contributed by atoms with Crippen LogP contribution in [-0.2, 0) is 9.59 Å². The molecule has 0 saturated heterocycles. The number of primary amides is 1. The minimum Gasteiger partial charge on any atom is -0.370 e. The molecule has 0 bridgehead atoms. The van der Waals surface area contributed by atoms with E-state index >= 15 is 0 Å². The van der Waals surface area contributed by atoms with Gasteiger partial charge >= 0.3 is 0 Å². The van der Waals surface area contributed by atoms with Crippen LogP contribution in [0.2, 0.25) is 0 Å². The quantitative estimate of drug-likeness (QED) is 0.630. The van der Waals surface area contributed by atoms with Gasteiger partial charge < -0.3 is 11.1 Å². The van der Waals surface area contributed by atoms with Crippen molar-refractivity contribution in [3.8, 4) is 0 Å². The lowest BCUT2D eigenvalue weighted by Crippen LogP contribution is -2.28. The summed E-state index contributed by atoms with van der Waals surface area (Å²) >= 11 is 0. The molecule has 0 aliphatic heterocycles. The maximum Gasteiger partial charge on any atom is 0.222 e. The van der Waals surface area contributed by atoms with E-state index in [1.165, 1.54) is 0 Å². The van der Waals surface area contributed by atoms with E-state index in [9.17, 15) is 9.59 Å². The van der Waals surface area contributed by atoms with E-state index in [1.54, 1.807) is 0 Å². The van der Waals surface area contributed by atoms with Gasteiger partial charge in [-0.1, -0.05) is 6.92 Å². The van der Waals surface area contributed by atoms with Crippen molar-refractivity contribution in [3.63, 3.8) is 0 Å². The smallest absolute Gasteiger partial charge is 0.222 e. The van der Waals surface area contributed by atoms with Crippen molar-refractivity contribution in [1.29, 1.82) is 0 Å². The molecule has 76 valence electrons. The van der Waals surface area contributed by atoms with Crippen molar-refractivity contribution < 1.29 is 9.59 Å². The predicted octanol–water partition coefficient (Wildman–Crippen LogP) is 0.414. The van der Waals surface area contributed by atoms with Crippen LogP contribution in [0.5, 0.6) is 0 Å². The highest BCUT2D eigenvalue weighted by Crippen LogP contribution is 2.07. The molecule has 4 nitrogen and oxygen atoms in total. The Kier molecular flexibility index (Phi) is 5.93. The van der Waals surface area contributed by atoms with Crippen LogP contribution in [0.3, 0.4) is 0 Å². The Balaban J connectivity index is 3.55. The lowest BCUT2D eigenvalue weighted by atomic mass is 10.0. The standard InChI is InChI=1S/C9H18N2O2/c1-3-11-9(13)7(2)5-4-6-8(10)12/h7H,3-6H2,1-2H3,(H2,10,12)(H,11,13). The highest BCUT2D eigenvalue weighted by atomic mass is 16.2. The van der Waals surface area contributed by atoms with E-state index in [1.807, 2.05) is 13.8 Å². The monoisotopic (exact) mass is 186 g/mol. The molecule has 0 rings (SSSR count). The van der Waals surface area contributed by atoms with Crippen molar-refractivity contribution in [3.05, 3.63) is 0 Å². The normalized spacial score (nSPS) is 12.2. The summed E-state index contributed by atoms with van der Waals surface area (Å²) < 4.78 is 0. The molecule has 4 heteroatoms. The molecule has 0 fully saturated rings. The highest BCUT2D eigenvalue weighted by Gasteiger charge is 2.11. The second-order valence-electron chi connectivity index (χ2n) is 3.15. The van der Waals surface area contributed by atoms with Crippen LogP contribution in [0.15, 0.2) is 0 Å². The Labute approximate surface area is 78.9 Å². The second-order valence-corrected chi connectivity index (χ2v) is 3.15. The van der Waals surface area contributed by atoms with Gasteiger partial charge in [0.15, 0.2) is 0 Å². The second kappa shape index (κ2) is 6.46. The minimum atomic E-state index is -0.303. The summed E-state index contributed by atoms with van der Waals surface area (Å²) in [6.07, 6.45) is 1.77. The van der Waals surface area contributed by atoms with E-state index in [0.717, 1.165) is 6.42 Å². The molecule has 1 atom stereocenters. The first kappa shape index (κ1) is 11.9. The summed E-state index contributed by atoms with van der Waals surface area (Å²) in [5, 5.41) is 2.73. The van der Waals surface area contributed by atoms with Gasteiger partial charge in [-0.3, -0.25) is 9.59 Å². The van der Waals surface area contributed by atoms with Crippen LogP contribution in [0, 0.1) is 5.92 Å². The van der Waals surface area contributed by atoms with Crippen molar-refractivity contribution >= 4 is 11.8 Å². The third-order valence-electron chi connectivity index (χ3n) is 1.86. The number of carbonyl (C=O) groups is 2. The van der Waals surface area contributed by atoms with Gasteiger partial charge in [0.2, 0.25) is 11.8 Å². The van der Waals surface area contributed by atoms with Crippen molar-refractivity contribution in [2.45, 2.75) is 33.1 Å². The van der Waals surface area contributed by atoms with Gasteiger partial charge in [0.25, 0.3) is 0 Å². The lowest BCUT2D eigenvalue weighted by molar-refractivity contribution is -0.125. The number of rotatable bonds is 6. The maximum atomic E-state index is 11.2. The van der Waals surface area contributed by atoms with Gasteiger partial charge in [-0.25, -0.2) is 0 Å². The molecule has 0 aromatic carbocycles. The number of nitrogens with two attached hydrogens (primary N) is 1. The van der Waals surface area contributed by atoms with E-state index in [4.69, 9.17) is 5.73 Å². The first-order valence-corrected chi connectivity index (χ1v) is 4.64. The largest absolute Gasteiger partial charge is 0.370 e. The van der Waals surface area contributed by atoms with Gasteiger partial charge in [0.05, 0.1) is 0 Å². The van der Waals surface area contributed by atoms with Crippen molar-refractivity contribution in [2.24, 2.45) is 11.7 Å². The molecule has 0 aliphatic carbocycles. The van der Waals surface area contributed by atoms with Crippen LogP contribution >= 0.6 is 0 Å². The summed E-state index contributed by atoms with van der Waals surface area (Å²) in [6.45, 7) is 4.39. The van der Waals surface area contributed by atoms with E-state index < -0.39 is 0 Å². The van der Waals surface area contributed by atoms with Gasteiger partial charge in [0.1, 0.15) is 0 Å². The Morgan fingerprint density at radius 2 is 2.08 bits per heavy atom. The Morgan fingerprint density at radius 1 is 1.46 bits per heavy atom. The molecular weight excluding hydrogens is 168 g/mol. The van der Waals surface area contributed by atoms with Gasteiger partial charge in [-0.15, -0.1) is 0 Å². The average Bonchev–Trinajstić information content (AvgIpc) is 2.04. The Bertz CT molecular complexity index is 180. The van der Waals surface area contributed by atoms with Crippen LogP contribution < -0.4 is 11.1 Å². The van der Waals surface area contributed by atoms with Gasteiger partial charge in [-0.05, 0) is 19.8 Å². The van der Waals surface area contributed by atoms with E-state index in [-0.39, 0.29) is 17.7 Å². The molecule has 0 radical (unpaired) electrons. The van der Waals surface area contributed by atoms with Crippen molar-refractivity contribution in [2.75, 3.05) is 6.54 Å². The third kappa shape index (κ3) is 6.13. The fourth-order valence-corrected chi connectivity index (χ4v) is 1.06. The van der Waals surface area contributed by atoms with Gasteiger partial charge in [0, 0.05) is 18.9 Å². The number of hydrogen-bond acceptors (Lipinski definition) is 2. The average molecular weight is 186 g/mol. The van der Waals surface area contributed by atoms with Crippen LogP contribution in [-0.4, -0.2) is 18.4 Å². The molecule has 0 aromatic rings. The first-order valence-electron chi connectivity index (χ1n) is 4.64. The maximum absolute atomic E-state index is 11.2. The molecule has 3 N–H and O–H groups in total. The number of amides is 2. The molecule has 0 spiro atoms. The minimum absolute atomic E-state index is 0.0284. The number of hydrogen-bond donors (Lipinski definition) is 2. The van der Waals surface area contributed by atoms with Gasteiger partial charge in [-0.2, -0.15) is 0 Å². The molecule has 2 amide bonds. The van der Waals surface area contributed by atoms with Crippen LogP contribution in [0.4, 0.5) is 0 Å². The zero-order valence-electron chi connectivity index (χ0n) is 8.30. The summed E-state index contributed by atoms with van der Waals surface area (Å²) in [4.78, 5) is 21.6. The van der Waals surface area contributed by atoms with E-state index in [0.29, 0.717) is 19.4 Å².